The summed E-state index contributed by atoms with van der Waals surface area (Å²) in [5.74, 6) is -0.338. The average Bonchev–Trinajstić information content (AvgIpc) is 3.09. The highest BCUT2D eigenvalue weighted by atomic mass is 32.2. The third-order valence-electron chi connectivity index (χ3n) is 5.35. The maximum absolute atomic E-state index is 13.8. The van der Waals surface area contributed by atoms with Gasteiger partial charge in [0.2, 0.25) is 10.0 Å². The largest absolute Gasteiger partial charge is 0.348 e. The standard InChI is InChI=1S/C22H23FN2O2S/c1-15-13-16(2)22(17(3)14-15)28(26,27)25-12-11-24-10-4-5-20(24)21(25)18-6-8-19(23)9-7-18/h4-10,13-14,21H,11-12H2,1-3H3. The molecule has 3 aromatic rings. The van der Waals surface area contributed by atoms with Crippen LogP contribution in [0.4, 0.5) is 4.39 Å². The lowest BCUT2D eigenvalue weighted by Crippen LogP contribution is -2.42. The fourth-order valence-electron chi connectivity index (χ4n) is 4.29. The minimum Gasteiger partial charge on any atom is -0.348 e. The number of hydrogen-bond acceptors (Lipinski definition) is 2. The van der Waals surface area contributed by atoms with Gasteiger partial charge in [0, 0.05) is 25.0 Å². The van der Waals surface area contributed by atoms with Gasteiger partial charge in [-0.3, -0.25) is 0 Å². The van der Waals surface area contributed by atoms with Crippen molar-refractivity contribution in [2.75, 3.05) is 6.54 Å². The van der Waals surface area contributed by atoms with Gasteiger partial charge in [0.1, 0.15) is 5.82 Å². The number of sulfonamides is 1. The van der Waals surface area contributed by atoms with Gasteiger partial charge in [-0.2, -0.15) is 4.31 Å². The zero-order chi connectivity index (χ0) is 20.1. The Labute approximate surface area is 165 Å². The molecule has 1 aromatic heterocycles. The maximum Gasteiger partial charge on any atom is 0.244 e. The normalized spacial score (nSPS) is 17.5. The summed E-state index contributed by atoms with van der Waals surface area (Å²) in [5, 5.41) is 0. The van der Waals surface area contributed by atoms with Crippen molar-refractivity contribution in [3.05, 3.63) is 88.5 Å². The molecule has 0 saturated carbocycles. The fraction of sp³-hybridized carbons (Fsp3) is 0.273. The minimum atomic E-state index is -3.74. The number of rotatable bonds is 3. The smallest absolute Gasteiger partial charge is 0.244 e. The second-order valence-corrected chi connectivity index (χ2v) is 9.25. The first-order valence-corrected chi connectivity index (χ1v) is 10.7. The van der Waals surface area contributed by atoms with Crippen molar-refractivity contribution in [1.82, 2.24) is 8.87 Å². The van der Waals surface area contributed by atoms with Gasteiger partial charge in [-0.05, 0) is 61.7 Å². The number of benzene rings is 2. The van der Waals surface area contributed by atoms with E-state index in [1.807, 2.05) is 51.2 Å². The first kappa shape index (κ1) is 18.9. The van der Waals surface area contributed by atoms with Gasteiger partial charge in [0.25, 0.3) is 0 Å². The second-order valence-electron chi connectivity index (χ2n) is 7.42. The van der Waals surface area contributed by atoms with Crippen LogP contribution in [0.2, 0.25) is 0 Å². The molecule has 4 rings (SSSR count). The molecule has 0 radical (unpaired) electrons. The first-order valence-electron chi connectivity index (χ1n) is 9.29. The molecule has 0 N–H and O–H groups in total. The second kappa shape index (κ2) is 6.87. The zero-order valence-corrected chi connectivity index (χ0v) is 17.0. The van der Waals surface area contributed by atoms with Gasteiger partial charge in [0.15, 0.2) is 0 Å². The van der Waals surface area contributed by atoms with Gasteiger partial charge in [-0.1, -0.05) is 29.8 Å². The molecule has 0 saturated heterocycles. The molecule has 1 unspecified atom stereocenters. The molecule has 2 aromatic carbocycles. The molecule has 1 aliphatic rings. The van der Waals surface area contributed by atoms with Crippen molar-refractivity contribution in [3.8, 4) is 0 Å². The summed E-state index contributed by atoms with van der Waals surface area (Å²) in [5.41, 5.74) is 4.18. The van der Waals surface area contributed by atoms with E-state index in [2.05, 4.69) is 4.57 Å². The van der Waals surface area contributed by atoms with Crippen LogP contribution in [0, 0.1) is 26.6 Å². The predicted octanol–water partition coefficient (Wildman–Crippen LogP) is 4.35. The number of aryl methyl sites for hydroxylation is 3. The van der Waals surface area contributed by atoms with E-state index in [-0.39, 0.29) is 5.82 Å². The molecular formula is C22H23FN2O2S. The Morgan fingerprint density at radius 1 is 0.964 bits per heavy atom. The molecule has 2 heterocycles. The van der Waals surface area contributed by atoms with Crippen LogP contribution >= 0.6 is 0 Å². The summed E-state index contributed by atoms with van der Waals surface area (Å²) in [7, 11) is -3.74. The topological polar surface area (TPSA) is 42.3 Å². The van der Waals surface area contributed by atoms with E-state index in [0.29, 0.717) is 18.0 Å². The third kappa shape index (κ3) is 3.06. The summed E-state index contributed by atoms with van der Waals surface area (Å²) in [6, 6.07) is 13.3. The third-order valence-corrected chi connectivity index (χ3v) is 7.52. The first-order chi connectivity index (χ1) is 13.3. The van der Waals surface area contributed by atoms with E-state index in [0.717, 1.165) is 27.9 Å². The van der Waals surface area contributed by atoms with Crippen LogP contribution in [0.5, 0.6) is 0 Å². The molecule has 6 heteroatoms. The van der Waals surface area contributed by atoms with Crippen LogP contribution < -0.4 is 0 Å². The van der Waals surface area contributed by atoms with Gasteiger partial charge >= 0.3 is 0 Å². The Hall–Kier alpha value is -2.44. The van der Waals surface area contributed by atoms with E-state index in [9.17, 15) is 12.8 Å². The number of nitrogens with zero attached hydrogens (tertiary/aromatic N) is 2. The zero-order valence-electron chi connectivity index (χ0n) is 16.2. The lowest BCUT2D eigenvalue weighted by molar-refractivity contribution is 0.298. The molecule has 0 spiro atoms. The van der Waals surface area contributed by atoms with E-state index >= 15 is 0 Å². The monoisotopic (exact) mass is 398 g/mol. The fourth-order valence-corrected chi connectivity index (χ4v) is 6.29. The predicted molar refractivity (Wildman–Crippen MR) is 107 cm³/mol. The molecule has 1 aliphatic heterocycles. The number of hydrogen-bond donors (Lipinski definition) is 0. The average molecular weight is 399 g/mol. The van der Waals surface area contributed by atoms with Gasteiger partial charge in [-0.25, -0.2) is 12.8 Å². The van der Waals surface area contributed by atoms with Crippen molar-refractivity contribution >= 4 is 10.0 Å². The van der Waals surface area contributed by atoms with Gasteiger partial charge in [0.05, 0.1) is 10.9 Å². The Kier molecular flexibility index (Phi) is 4.63. The molecule has 0 fully saturated rings. The summed E-state index contributed by atoms with van der Waals surface area (Å²) >= 11 is 0. The van der Waals surface area contributed by atoms with Crippen LogP contribution in [-0.4, -0.2) is 23.8 Å². The summed E-state index contributed by atoms with van der Waals surface area (Å²) in [4.78, 5) is 0.366. The lowest BCUT2D eigenvalue weighted by Gasteiger charge is -2.37. The summed E-state index contributed by atoms with van der Waals surface area (Å²) in [6.45, 7) is 6.59. The van der Waals surface area contributed by atoms with Gasteiger partial charge < -0.3 is 4.57 Å². The van der Waals surface area contributed by atoms with E-state index < -0.39 is 16.1 Å². The highest BCUT2D eigenvalue weighted by Gasteiger charge is 2.38. The van der Waals surface area contributed by atoms with Crippen LogP contribution in [-0.2, 0) is 16.6 Å². The quantitative estimate of drug-likeness (QED) is 0.658. The molecule has 1 atom stereocenters. The highest BCUT2D eigenvalue weighted by molar-refractivity contribution is 7.89. The number of halogens is 1. The Bertz CT molecular complexity index is 1110. The molecule has 0 amide bonds. The maximum atomic E-state index is 13.8. The number of fused-ring (bicyclic) bond motifs is 1. The SMILES string of the molecule is Cc1cc(C)c(S(=O)(=O)N2CCn3cccc3C2c2ccc(F)cc2)c(C)c1. The van der Waals surface area contributed by atoms with Gasteiger partial charge in [-0.15, -0.1) is 0 Å². The minimum absolute atomic E-state index is 0.338. The Balaban J connectivity index is 1.89. The Morgan fingerprint density at radius 2 is 1.61 bits per heavy atom. The van der Waals surface area contributed by atoms with Crippen molar-refractivity contribution in [2.24, 2.45) is 0 Å². The molecule has 0 aliphatic carbocycles. The molecule has 146 valence electrons. The van der Waals surface area contributed by atoms with Crippen LogP contribution in [0.1, 0.15) is 34.0 Å². The molecule has 0 bridgehead atoms. The molecule has 4 nitrogen and oxygen atoms in total. The number of aromatic nitrogens is 1. The molecule has 28 heavy (non-hydrogen) atoms. The van der Waals surface area contributed by atoms with Crippen molar-refractivity contribution in [1.29, 1.82) is 0 Å². The lowest BCUT2D eigenvalue weighted by atomic mass is 10.0. The van der Waals surface area contributed by atoms with Crippen LogP contribution in [0.15, 0.2) is 59.6 Å². The van der Waals surface area contributed by atoms with Crippen molar-refractivity contribution in [3.63, 3.8) is 0 Å². The van der Waals surface area contributed by atoms with Crippen LogP contribution in [0.25, 0.3) is 0 Å². The summed E-state index contributed by atoms with van der Waals surface area (Å²) in [6.07, 6.45) is 1.96. The van der Waals surface area contributed by atoms with E-state index in [4.69, 9.17) is 0 Å². The van der Waals surface area contributed by atoms with Crippen molar-refractivity contribution in [2.45, 2.75) is 38.3 Å². The summed E-state index contributed by atoms with van der Waals surface area (Å²) < 4.78 is 44.6. The van der Waals surface area contributed by atoms with Crippen LogP contribution in [0.3, 0.4) is 0 Å². The Morgan fingerprint density at radius 3 is 2.25 bits per heavy atom. The molecular weight excluding hydrogens is 375 g/mol. The highest BCUT2D eigenvalue weighted by Crippen LogP contribution is 2.38. The van der Waals surface area contributed by atoms with Crippen molar-refractivity contribution < 1.29 is 12.8 Å². The van der Waals surface area contributed by atoms with E-state index in [1.165, 1.54) is 12.1 Å². The van der Waals surface area contributed by atoms with E-state index in [1.54, 1.807) is 16.4 Å².